The lowest BCUT2D eigenvalue weighted by Gasteiger charge is -2.25. The van der Waals surface area contributed by atoms with Crippen LogP contribution >= 0.6 is 0 Å². The quantitative estimate of drug-likeness (QED) is 0.634. The van der Waals surface area contributed by atoms with Crippen LogP contribution in [-0.2, 0) is 6.42 Å². The summed E-state index contributed by atoms with van der Waals surface area (Å²) in [5.74, 6) is 0.447. The maximum Gasteiger partial charge on any atom is 0.193 e. The predicted octanol–water partition coefficient (Wildman–Crippen LogP) is 3.50. The first-order valence-electron chi connectivity index (χ1n) is 8.04. The summed E-state index contributed by atoms with van der Waals surface area (Å²) in [4.78, 5) is 6.65. The molecule has 3 N–H and O–H groups in total. The number of hydrogen-bond donors (Lipinski definition) is 2. The minimum absolute atomic E-state index is 0.264. The highest BCUT2D eigenvalue weighted by atomic mass is 15.2. The van der Waals surface area contributed by atoms with Crippen molar-refractivity contribution in [3.05, 3.63) is 60.2 Å². The second-order valence-corrected chi connectivity index (χ2v) is 5.70. The van der Waals surface area contributed by atoms with Crippen molar-refractivity contribution in [1.29, 1.82) is 0 Å². The van der Waals surface area contributed by atoms with Crippen LogP contribution in [0.3, 0.4) is 0 Å². The van der Waals surface area contributed by atoms with Gasteiger partial charge in [-0.25, -0.2) is 0 Å². The van der Waals surface area contributed by atoms with Crippen molar-refractivity contribution in [3.8, 4) is 0 Å². The summed E-state index contributed by atoms with van der Waals surface area (Å²) < 4.78 is 0. The van der Waals surface area contributed by atoms with Crippen molar-refractivity contribution in [2.24, 2.45) is 10.7 Å². The first-order chi connectivity index (χ1) is 11.1. The lowest BCUT2D eigenvalue weighted by Crippen LogP contribution is -2.33. The lowest BCUT2D eigenvalue weighted by molar-refractivity contribution is 0.696. The van der Waals surface area contributed by atoms with E-state index in [0.717, 1.165) is 12.1 Å². The Balaban J connectivity index is 1.90. The van der Waals surface area contributed by atoms with Gasteiger partial charge in [-0.1, -0.05) is 37.3 Å². The number of rotatable bonds is 6. The van der Waals surface area contributed by atoms with E-state index in [2.05, 4.69) is 60.4 Å². The minimum atomic E-state index is 0.264. The van der Waals surface area contributed by atoms with Crippen LogP contribution in [0.15, 0.2) is 59.6 Å². The molecule has 0 aliphatic heterocycles. The first kappa shape index (κ1) is 16.9. The van der Waals surface area contributed by atoms with Gasteiger partial charge in [0.1, 0.15) is 0 Å². The van der Waals surface area contributed by atoms with Crippen molar-refractivity contribution in [3.63, 3.8) is 0 Å². The highest BCUT2D eigenvalue weighted by Gasteiger charge is 2.09. The molecule has 23 heavy (non-hydrogen) atoms. The number of likely N-dealkylation sites (N-methyl/N-ethyl adjacent to an activating group) is 1. The molecular formula is C19H26N4. The molecule has 0 aliphatic carbocycles. The molecule has 0 saturated heterocycles. The largest absolute Gasteiger partial charge is 0.370 e. The molecule has 0 fully saturated rings. The van der Waals surface area contributed by atoms with Crippen molar-refractivity contribution in [2.45, 2.75) is 26.3 Å². The Bertz CT molecular complexity index is 620. The highest BCUT2D eigenvalue weighted by Crippen LogP contribution is 2.14. The average Bonchev–Trinajstić information content (AvgIpc) is 2.60. The third-order valence-electron chi connectivity index (χ3n) is 3.99. The molecule has 0 bridgehead atoms. The fourth-order valence-electron chi connectivity index (χ4n) is 2.28. The van der Waals surface area contributed by atoms with Gasteiger partial charge in [-0.15, -0.1) is 0 Å². The summed E-state index contributed by atoms with van der Waals surface area (Å²) in [6, 6.07) is 18.8. The van der Waals surface area contributed by atoms with E-state index in [4.69, 9.17) is 5.73 Å². The number of guanidine groups is 1. The molecule has 1 unspecified atom stereocenters. The highest BCUT2D eigenvalue weighted by molar-refractivity contribution is 5.92. The molecule has 2 aromatic rings. The minimum Gasteiger partial charge on any atom is -0.370 e. The summed E-state index contributed by atoms with van der Waals surface area (Å²) >= 11 is 0. The van der Waals surface area contributed by atoms with Gasteiger partial charge in [-0.05, 0) is 43.2 Å². The summed E-state index contributed by atoms with van der Waals surface area (Å²) in [6.45, 7) is 4.92. The molecular weight excluding hydrogens is 284 g/mol. The Hall–Kier alpha value is -2.49. The molecule has 2 aromatic carbocycles. The van der Waals surface area contributed by atoms with Gasteiger partial charge < -0.3 is 16.0 Å². The summed E-state index contributed by atoms with van der Waals surface area (Å²) in [6.07, 6.45) is 1.03. The molecule has 122 valence electrons. The van der Waals surface area contributed by atoms with E-state index >= 15 is 0 Å². The maximum atomic E-state index is 5.98. The van der Waals surface area contributed by atoms with E-state index in [1.54, 1.807) is 0 Å². The number of anilines is 2. The maximum absolute atomic E-state index is 5.98. The summed E-state index contributed by atoms with van der Waals surface area (Å²) in [5.41, 5.74) is 9.44. The first-order valence-corrected chi connectivity index (χ1v) is 8.04. The SMILES string of the molecule is CCc1ccc(NC(N)=NCC(C)N(C)c2ccccc2)cc1. The fourth-order valence-corrected chi connectivity index (χ4v) is 2.28. The molecule has 0 spiro atoms. The molecule has 0 aromatic heterocycles. The van der Waals surface area contributed by atoms with Gasteiger partial charge in [0.05, 0.1) is 6.54 Å². The number of para-hydroxylation sites is 1. The molecule has 0 aliphatic rings. The number of nitrogens with two attached hydrogens (primary N) is 1. The zero-order chi connectivity index (χ0) is 16.7. The van der Waals surface area contributed by atoms with Crippen LogP contribution in [0.25, 0.3) is 0 Å². The van der Waals surface area contributed by atoms with Crippen LogP contribution in [0.2, 0.25) is 0 Å². The number of aryl methyl sites for hydroxylation is 1. The van der Waals surface area contributed by atoms with Crippen molar-refractivity contribution in [2.75, 3.05) is 23.8 Å². The van der Waals surface area contributed by atoms with Gasteiger partial charge in [-0.3, -0.25) is 4.99 Å². The molecule has 4 nitrogen and oxygen atoms in total. The Labute approximate surface area is 139 Å². The van der Waals surface area contributed by atoms with Gasteiger partial charge in [0.25, 0.3) is 0 Å². The van der Waals surface area contributed by atoms with Gasteiger partial charge in [0.2, 0.25) is 0 Å². The van der Waals surface area contributed by atoms with Crippen molar-refractivity contribution < 1.29 is 0 Å². The average molecular weight is 310 g/mol. The van der Waals surface area contributed by atoms with E-state index in [1.807, 2.05) is 30.3 Å². The Morgan fingerprint density at radius 2 is 1.78 bits per heavy atom. The van der Waals surface area contributed by atoms with Crippen LogP contribution < -0.4 is 16.0 Å². The van der Waals surface area contributed by atoms with Crippen LogP contribution in [0, 0.1) is 0 Å². The topological polar surface area (TPSA) is 53.6 Å². The summed E-state index contributed by atoms with van der Waals surface area (Å²) in [5, 5.41) is 3.14. The Morgan fingerprint density at radius 1 is 1.13 bits per heavy atom. The molecule has 0 radical (unpaired) electrons. The van der Waals surface area contributed by atoms with E-state index in [-0.39, 0.29) is 6.04 Å². The number of hydrogen-bond acceptors (Lipinski definition) is 2. The van der Waals surface area contributed by atoms with Crippen molar-refractivity contribution in [1.82, 2.24) is 0 Å². The molecule has 1 atom stereocenters. The van der Waals surface area contributed by atoms with E-state index in [0.29, 0.717) is 12.5 Å². The lowest BCUT2D eigenvalue weighted by atomic mass is 10.1. The van der Waals surface area contributed by atoms with Gasteiger partial charge >= 0.3 is 0 Å². The monoisotopic (exact) mass is 310 g/mol. The predicted molar refractivity (Wildman–Crippen MR) is 100 cm³/mol. The van der Waals surface area contributed by atoms with Crippen molar-refractivity contribution >= 4 is 17.3 Å². The fraction of sp³-hybridized carbons (Fsp3) is 0.316. The zero-order valence-electron chi connectivity index (χ0n) is 14.2. The third-order valence-corrected chi connectivity index (χ3v) is 3.99. The number of benzene rings is 2. The van der Waals surface area contributed by atoms with Crippen LogP contribution in [0.5, 0.6) is 0 Å². The molecule has 0 heterocycles. The Kier molecular flexibility index (Phi) is 6.03. The smallest absolute Gasteiger partial charge is 0.193 e. The third kappa shape index (κ3) is 5.02. The second-order valence-electron chi connectivity index (χ2n) is 5.70. The summed E-state index contributed by atoms with van der Waals surface area (Å²) in [7, 11) is 2.07. The molecule has 0 amide bonds. The number of nitrogens with one attached hydrogen (secondary N) is 1. The normalized spacial score (nSPS) is 12.7. The second kappa shape index (κ2) is 8.22. The van der Waals surface area contributed by atoms with Crippen LogP contribution in [-0.4, -0.2) is 25.6 Å². The van der Waals surface area contributed by atoms with E-state index in [9.17, 15) is 0 Å². The molecule has 4 heteroatoms. The van der Waals surface area contributed by atoms with Crippen LogP contribution in [0.1, 0.15) is 19.4 Å². The molecule has 0 saturated carbocycles. The van der Waals surface area contributed by atoms with Gasteiger partial charge in [0.15, 0.2) is 5.96 Å². The van der Waals surface area contributed by atoms with Gasteiger partial charge in [-0.2, -0.15) is 0 Å². The molecule has 2 rings (SSSR count). The zero-order valence-corrected chi connectivity index (χ0v) is 14.2. The van der Waals surface area contributed by atoms with E-state index in [1.165, 1.54) is 11.3 Å². The van der Waals surface area contributed by atoms with E-state index < -0.39 is 0 Å². The van der Waals surface area contributed by atoms with Gasteiger partial charge in [0, 0.05) is 24.5 Å². The Morgan fingerprint density at radius 3 is 2.39 bits per heavy atom. The van der Waals surface area contributed by atoms with Crippen LogP contribution in [0.4, 0.5) is 11.4 Å². The standard InChI is InChI=1S/C19H26N4/c1-4-16-10-12-17(13-11-16)22-19(20)21-14-15(2)23(3)18-8-6-5-7-9-18/h5-13,15H,4,14H2,1-3H3,(H3,20,21,22). The number of aliphatic imine (C=N–C) groups is 1. The number of nitrogens with zero attached hydrogens (tertiary/aromatic N) is 2.